The molecule has 1 N–H and O–H groups in total. The molecule has 25 heavy (non-hydrogen) atoms. The third-order valence-electron chi connectivity index (χ3n) is 4.62. The van der Waals surface area contributed by atoms with Crippen molar-refractivity contribution in [1.29, 1.82) is 0 Å². The van der Waals surface area contributed by atoms with Crippen LogP contribution in [0.2, 0.25) is 0 Å². The monoisotopic (exact) mass is 361 g/mol. The van der Waals surface area contributed by atoms with Crippen molar-refractivity contribution >= 4 is 23.6 Å². The Morgan fingerprint density at radius 1 is 1.40 bits per heavy atom. The molecule has 1 aliphatic carbocycles. The first-order chi connectivity index (χ1) is 12.2. The van der Waals surface area contributed by atoms with Crippen molar-refractivity contribution in [2.45, 2.75) is 55.6 Å². The summed E-state index contributed by atoms with van der Waals surface area (Å²) in [6, 6.07) is 4.16. The number of hydrogen-bond donors (Lipinski definition) is 1. The van der Waals surface area contributed by atoms with E-state index in [1.54, 1.807) is 6.26 Å². The van der Waals surface area contributed by atoms with Gasteiger partial charge >= 0.3 is 0 Å². The molecule has 2 aromatic heterocycles. The van der Waals surface area contributed by atoms with Gasteiger partial charge in [-0.1, -0.05) is 11.8 Å². The summed E-state index contributed by atoms with van der Waals surface area (Å²) in [5.41, 5.74) is 0. The second-order valence-corrected chi connectivity index (χ2v) is 7.94. The zero-order valence-electron chi connectivity index (χ0n) is 14.4. The highest BCUT2D eigenvalue weighted by Gasteiger charge is 2.33. The van der Waals surface area contributed by atoms with E-state index in [1.165, 1.54) is 37.4 Å². The second kappa shape index (κ2) is 7.11. The molecule has 3 heterocycles. The van der Waals surface area contributed by atoms with Gasteiger partial charge in [-0.25, -0.2) is 0 Å². The molecule has 1 aliphatic heterocycles. The average Bonchev–Trinajstić information content (AvgIpc) is 3.05. The number of carbonyl (C=O) groups is 1. The molecule has 0 spiro atoms. The Hall–Kier alpha value is -1.96. The highest BCUT2D eigenvalue weighted by atomic mass is 32.2. The molecule has 1 saturated heterocycles. The lowest BCUT2D eigenvalue weighted by atomic mass is 10.4. The fraction of sp³-hybridized carbons (Fsp3) is 0.588. The largest absolute Gasteiger partial charge is 0.467 e. The molecule has 2 aromatic rings. The van der Waals surface area contributed by atoms with Crippen molar-refractivity contribution in [3.05, 3.63) is 24.2 Å². The molecule has 2 aliphatic rings. The Bertz CT molecular complexity index is 719. The first kappa shape index (κ1) is 16.5. The van der Waals surface area contributed by atoms with Gasteiger partial charge in [0.25, 0.3) is 0 Å². The number of aromatic nitrogens is 3. The van der Waals surface area contributed by atoms with Crippen LogP contribution in [0.1, 0.15) is 44.4 Å². The number of rotatable bonds is 7. The highest BCUT2D eigenvalue weighted by molar-refractivity contribution is 8.00. The van der Waals surface area contributed by atoms with Crippen LogP contribution in [0.3, 0.4) is 0 Å². The molecule has 1 unspecified atom stereocenters. The van der Waals surface area contributed by atoms with E-state index >= 15 is 0 Å². The van der Waals surface area contributed by atoms with E-state index in [0.29, 0.717) is 12.6 Å². The number of carbonyl (C=O) groups excluding carboxylic acids is 1. The minimum absolute atomic E-state index is 0.0190. The molecule has 0 aromatic carbocycles. The van der Waals surface area contributed by atoms with Crippen molar-refractivity contribution in [2.24, 2.45) is 0 Å². The fourth-order valence-electron chi connectivity index (χ4n) is 3.08. The predicted octanol–water partition coefficient (Wildman–Crippen LogP) is 2.60. The topological polar surface area (TPSA) is 76.2 Å². The van der Waals surface area contributed by atoms with E-state index in [1.807, 2.05) is 19.1 Å². The van der Waals surface area contributed by atoms with E-state index in [9.17, 15) is 4.79 Å². The van der Waals surface area contributed by atoms with Crippen LogP contribution >= 0.6 is 11.8 Å². The lowest BCUT2D eigenvalue weighted by molar-refractivity contribution is -0.120. The summed E-state index contributed by atoms with van der Waals surface area (Å²) >= 11 is 1.48. The zero-order valence-corrected chi connectivity index (χ0v) is 15.2. The third kappa shape index (κ3) is 3.68. The van der Waals surface area contributed by atoms with Crippen LogP contribution in [-0.4, -0.2) is 39.0 Å². The van der Waals surface area contributed by atoms with Crippen LogP contribution in [0.15, 0.2) is 28.0 Å². The average molecular weight is 361 g/mol. The van der Waals surface area contributed by atoms with Gasteiger partial charge in [-0.2, -0.15) is 0 Å². The molecular formula is C17H23N5O2S. The van der Waals surface area contributed by atoms with Crippen molar-refractivity contribution < 1.29 is 9.21 Å². The summed E-state index contributed by atoms with van der Waals surface area (Å²) < 4.78 is 7.49. The Balaban J connectivity index is 1.42. The number of hydrogen-bond acceptors (Lipinski definition) is 6. The van der Waals surface area contributed by atoms with Crippen molar-refractivity contribution in [1.82, 2.24) is 20.1 Å². The number of nitrogens with one attached hydrogen (secondary N) is 1. The van der Waals surface area contributed by atoms with Gasteiger partial charge in [-0.15, -0.1) is 10.2 Å². The highest BCUT2D eigenvalue weighted by Crippen LogP contribution is 2.42. The van der Waals surface area contributed by atoms with Gasteiger partial charge in [-0.05, 0) is 44.7 Å². The van der Waals surface area contributed by atoms with E-state index in [0.717, 1.165) is 30.0 Å². The summed E-state index contributed by atoms with van der Waals surface area (Å²) in [7, 11) is 0. The van der Waals surface area contributed by atoms with Crippen molar-refractivity contribution in [3.8, 4) is 0 Å². The first-order valence-electron chi connectivity index (χ1n) is 8.89. The van der Waals surface area contributed by atoms with Crippen LogP contribution in [0.5, 0.6) is 0 Å². The lowest BCUT2D eigenvalue weighted by Gasteiger charge is -2.18. The van der Waals surface area contributed by atoms with Crippen LogP contribution in [0.4, 0.5) is 5.95 Å². The molecule has 8 heteroatoms. The molecule has 1 atom stereocenters. The summed E-state index contributed by atoms with van der Waals surface area (Å²) in [6.45, 7) is 4.41. The Labute approximate surface area is 151 Å². The molecule has 134 valence electrons. The summed E-state index contributed by atoms with van der Waals surface area (Å²) in [5.74, 6) is 1.71. The van der Waals surface area contributed by atoms with Gasteiger partial charge < -0.3 is 14.6 Å². The minimum atomic E-state index is -0.233. The zero-order chi connectivity index (χ0) is 17.2. The van der Waals surface area contributed by atoms with E-state index in [4.69, 9.17) is 4.42 Å². The van der Waals surface area contributed by atoms with Gasteiger partial charge in [-0.3, -0.25) is 9.36 Å². The van der Waals surface area contributed by atoms with Crippen molar-refractivity contribution in [2.75, 3.05) is 18.0 Å². The summed E-state index contributed by atoms with van der Waals surface area (Å²) in [5, 5.41) is 12.3. The Morgan fingerprint density at radius 3 is 2.88 bits per heavy atom. The van der Waals surface area contributed by atoms with Gasteiger partial charge in [0.05, 0.1) is 18.1 Å². The van der Waals surface area contributed by atoms with Crippen LogP contribution in [0, 0.1) is 0 Å². The maximum absolute atomic E-state index is 12.4. The molecule has 1 amide bonds. The predicted molar refractivity (Wildman–Crippen MR) is 95.6 cm³/mol. The third-order valence-corrected chi connectivity index (χ3v) is 5.67. The van der Waals surface area contributed by atoms with Crippen molar-refractivity contribution in [3.63, 3.8) is 0 Å². The SMILES string of the molecule is CC(Sc1nnc(N2CCCC2)n1C1CC1)C(=O)NCc1ccco1. The van der Waals surface area contributed by atoms with E-state index in [2.05, 4.69) is 25.0 Å². The van der Waals surface area contributed by atoms with Crippen LogP contribution in [-0.2, 0) is 11.3 Å². The van der Waals surface area contributed by atoms with Gasteiger partial charge in [0.15, 0.2) is 5.16 Å². The number of thioether (sulfide) groups is 1. The molecule has 4 rings (SSSR count). The Morgan fingerprint density at radius 2 is 2.20 bits per heavy atom. The smallest absolute Gasteiger partial charge is 0.233 e. The maximum Gasteiger partial charge on any atom is 0.233 e. The van der Waals surface area contributed by atoms with Gasteiger partial charge in [0.1, 0.15) is 5.76 Å². The number of anilines is 1. The lowest BCUT2D eigenvalue weighted by Crippen LogP contribution is -2.30. The molecule has 0 bridgehead atoms. The minimum Gasteiger partial charge on any atom is -0.467 e. The van der Waals surface area contributed by atoms with E-state index < -0.39 is 0 Å². The number of amides is 1. The molecule has 1 saturated carbocycles. The number of furan rings is 1. The van der Waals surface area contributed by atoms with Crippen LogP contribution in [0.25, 0.3) is 0 Å². The van der Waals surface area contributed by atoms with Gasteiger partial charge in [0.2, 0.25) is 11.9 Å². The maximum atomic E-state index is 12.4. The normalized spacial score (nSPS) is 18.5. The van der Waals surface area contributed by atoms with Crippen LogP contribution < -0.4 is 10.2 Å². The quantitative estimate of drug-likeness (QED) is 0.764. The van der Waals surface area contributed by atoms with E-state index in [-0.39, 0.29) is 11.2 Å². The summed E-state index contributed by atoms with van der Waals surface area (Å²) in [4.78, 5) is 14.7. The number of nitrogens with zero attached hydrogens (tertiary/aromatic N) is 4. The first-order valence-corrected chi connectivity index (χ1v) is 9.77. The Kier molecular flexibility index (Phi) is 4.70. The molecular weight excluding hydrogens is 338 g/mol. The summed E-state index contributed by atoms with van der Waals surface area (Å²) in [6.07, 6.45) is 6.38. The molecule has 2 fully saturated rings. The fourth-order valence-corrected chi connectivity index (χ4v) is 4.02. The molecule has 7 nitrogen and oxygen atoms in total. The second-order valence-electron chi connectivity index (χ2n) is 6.64. The van der Waals surface area contributed by atoms with Gasteiger partial charge in [0, 0.05) is 19.1 Å². The molecule has 0 radical (unpaired) electrons. The standard InChI is InChI=1S/C17H23N5O2S/c1-12(15(23)18-11-14-5-4-10-24-14)25-17-20-19-16(21-8-2-3-9-21)22(17)13-6-7-13/h4-5,10,12-13H,2-3,6-9,11H2,1H3,(H,18,23).